The lowest BCUT2D eigenvalue weighted by atomic mass is 10.1. The van der Waals surface area contributed by atoms with Crippen LogP contribution in [0, 0.1) is 20.8 Å². The topological polar surface area (TPSA) is 64.4 Å². The molecule has 140 valence electrons. The number of hydrogen-bond donors (Lipinski definition) is 1. The normalized spacial score (nSPS) is 10.7. The van der Waals surface area contributed by atoms with Crippen LogP contribution in [0.25, 0.3) is 0 Å². The van der Waals surface area contributed by atoms with Crippen LogP contribution in [-0.2, 0) is 13.2 Å². The predicted molar refractivity (Wildman–Crippen MR) is 104 cm³/mol. The fourth-order valence-electron chi connectivity index (χ4n) is 2.65. The molecule has 0 bridgehead atoms. The second-order valence-electron chi connectivity index (χ2n) is 6.40. The smallest absolute Gasteiger partial charge is 0.274 e. The zero-order valence-corrected chi connectivity index (χ0v) is 16.3. The first kappa shape index (κ1) is 19.0. The number of carbonyl (C=O) groups is 1. The van der Waals surface area contributed by atoms with Crippen LogP contribution in [0.4, 0.5) is 0 Å². The minimum atomic E-state index is -0.327. The molecular formula is C21H21ClN2O3. The molecule has 0 aliphatic rings. The van der Waals surface area contributed by atoms with E-state index in [-0.39, 0.29) is 18.2 Å². The summed E-state index contributed by atoms with van der Waals surface area (Å²) in [5.41, 5.74) is 3.83. The fraction of sp³-hybridized carbons (Fsp3) is 0.238. The maximum Gasteiger partial charge on any atom is 0.274 e. The molecule has 0 saturated carbocycles. The van der Waals surface area contributed by atoms with E-state index in [9.17, 15) is 4.79 Å². The first-order chi connectivity index (χ1) is 13.0. The van der Waals surface area contributed by atoms with Crippen LogP contribution < -0.4 is 10.1 Å². The first-order valence-electron chi connectivity index (χ1n) is 8.62. The van der Waals surface area contributed by atoms with E-state index < -0.39 is 0 Å². The van der Waals surface area contributed by atoms with E-state index in [1.54, 1.807) is 13.0 Å². The average molecular weight is 385 g/mol. The second-order valence-corrected chi connectivity index (χ2v) is 6.80. The van der Waals surface area contributed by atoms with Gasteiger partial charge < -0.3 is 14.6 Å². The van der Waals surface area contributed by atoms with Crippen molar-refractivity contribution in [1.82, 2.24) is 10.5 Å². The number of rotatable bonds is 6. The molecule has 1 aromatic heterocycles. The number of benzene rings is 2. The van der Waals surface area contributed by atoms with Crippen molar-refractivity contribution in [3.63, 3.8) is 0 Å². The van der Waals surface area contributed by atoms with Gasteiger partial charge in [0.25, 0.3) is 5.91 Å². The summed E-state index contributed by atoms with van der Waals surface area (Å²) in [4.78, 5) is 12.6. The molecule has 0 fully saturated rings. The van der Waals surface area contributed by atoms with Crippen molar-refractivity contribution in [2.45, 2.75) is 33.9 Å². The largest absolute Gasteiger partial charge is 0.488 e. The lowest BCUT2D eigenvalue weighted by molar-refractivity contribution is 0.0939. The summed E-state index contributed by atoms with van der Waals surface area (Å²) in [7, 11) is 0. The molecule has 27 heavy (non-hydrogen) atoms. The third kappa shape index (κ3) is 4.49. The number of aryl methyl sites for hydroxylation is 3. The van der Waals surface area contributed by atoms with Crippen molar-refractivity contribution in [2.24, 2.45) is 0 Å². The molecule has 0 aliphatic heterocycles. The Morgan fingerprint density at radius 1 is 1.19 bits per heavy atom. The molecule has 1 amide bonds. The third-order valence-electron chi connectivity index (χ3n) is 4.31. The highest BCUT2D eigenvalue weighted by molar-refractivity contribution is 6.31. The van der Waals surface area contributed by atoms with Crippen LogP contribution in [-0.4, -0.2) is 11.1 Å². The Balaban J connectivity index is 1.71. The number of aromatic nitrogens is 1. The molecule has 0 unspecified atom stereocenters. The Labute approximate surface area is 163 Å². The SMILES string of the molecule is Cc1ccc(C)c(OCc2c(C(=O)NCc3ccccc3Cl)noc2C)c1. The molecule has 1 N–H and O–H groups in total. The molecule has 0 aliphatic carbocycles. The van der Waals surface area contributed by atoms with E-state index in [1.165, 1.54) is 0 Å². The number of carbonyl (C=O) groups excluding carboxylic acids is 1. The molecule has 0 saturated heterocycles. The summed E-state index contributed by atoms with van der Waals surface area (Å²) < 4.78 is 11.1. The van der Waals surface area contributed by atoms with Gasteiger partial charge in [-0.05, 0) is 49.6 Å². The van der Waals surface area contributed by atoms with E-state index in [0.717, 1.165) is 22.4 Å². The fourth-order valence-corrected chi connectivity index (χ4v) is 2.86. The molecular weight excluding hydrogens is 364 g/mol. The lowest BCUT2D eigenvalue weighted by Crippen LogP contribution is -2.24. The van der Waals surface area contributed by atoms with Crippen molar-refractivity contribution < 1.29 is 14.1 Å². The van der Waals surface area contributed by atoms with Gasteiger partial charge in [0.2, 0.25) is 0 Å². The van der Waals surface area contributed by atoms with Gasteiger partial charge in [-0.3, -0.25) is 4.79 Å². The van der Waals surface area contributed by atoms with Crippen molar-refractivity contribution in [3.05, 3.63) is 81.2 Å². The van der Waals surface area contributed by atoms with Crippen LogP contribution in [0.1, 0.15) is 38.5 Å². The number of nitrogens with one attached hydrogen (secondary N) is 1. The number of ether oxygens (including phenoxy) is 1. The van der Waals surface area contributed by atoms with E-state index in [2.05, 4.69) is 10.5 Å². The van der Waals surface area contributed by atoms with Crippen LogP contribution in [0.3, 0.4) is 0 Å². The Morgan fingerprint density at radius 3 is 2.74 bits per heavy atom. The molecule has 1 heterocycles. The molecule has 3 rings (SSSR count). The van der Waals surface area contributed by atoms with E-state index in [1.807, 2.05) is 50.2 Å². The minimum Gasteiger partial charge on any atom is -0.488 e. The standard InChI is InChI=1S/C21H21ClN2O3/c1-13-8-9-14(2)19(10-13)26-12-17-15(3)27-24-20(17)21(25)23-11-16-6-4-5-7-18(16)22/h4-10H,11-12H2,1-3H3,(H,23,25). The van der Waals surface area contributed by atoms with E-state index in [0.29, 0.717) is 22.9 Å². The monoisotopic (exact) mass is 384 g/mol. The van der Waals surface area contributed by atoms with Gasteiger partial charge in [-0.25, -0.2) is 0 Å². The molecule has 3 aromatic rings. The predicted octanol–water partition coefficient (Wildman–Crippen LogP) is 4.76. The van der Waals surface area contributed by atoms with Gasteiger partial charge in [0.15, 0.2) is 5.69 Å². The zero-order valence-electron chi connectivity index (χ0n) is 15.5. The van der Waals surface area contributed by atoms with Gasteiger partial charge in [0.05, 0.1) is 5.56 Å². The van der Waals surface area contributed by atoms with Gasteiger partial charge in [-0.15, -0.1) is 0 Å². The van der Waals surface area contributed by atoms with Crippen molar-refractivity contribution in [2.75, 3.05) is 0 Å². The van der Waals surface area contributed by atoms with Crippen molar-refractivity contribution in [1.29, 1.82) is 0 Å². The molecule has 0 radical (unpaired) electrons. The summed E-state index contributed by atoms with van der Waals surface area (Å²) in [5.74, 6) is 1.01. The molecule has 0 spiro atoms. The van der Waals surface area contributed by atoms with Crippen LogP contribution >= 0.6 is 11.6 Å². The zero-order chi connectivity index (χ0) is 19.4. The molecule has 0 atom stereocenters. The minimum absolute atomic E-state index is 0.203. The Bertz CT molecular complexity index is 966. The highest BCUT2D eigenvalue weighted by Gasteiger charge is 2.20. The molecule has 6 heteroatoms. The van der Waals surface area contributed by atoms with E-state index in [4.69, 9.17) is 20.9 Å². The number of halogens is 1. The Hall–Kier alpha value is -2.79. The Kier molecular flexibility index (Phi) is 5.81. The number of nitrogens with zero attached hydrogens (tertiary/aromatic N) is 1. The second kappa shape index (κ2) is 8.27. The van der Waals surface area contributed by atoms with Gasteiger partial charge in [0.1, 0.15) is 18.1 Å². The average Bonchev–Trinajstić information content (AvgIpc) is 3.02. The van der Waals surface area contributed by atoms with Crippen molar-refractivity contribution >= 4 is 17.5 Å². The van der Waals surface area contributed by atoms with E-state index >= 15 is 0 Å². The quantitative estimate of drug-likeness (QED) is 0.665. The third-order valence-corrected chi connectivity index (χ3v) is 4.68. The Morgan fingerprint density at radius 2 is 1.96 bits per heavy atom. The van der Waals surface area contributed by atoms with Gasteiger partial charge in [-0.1, -0.05) is 47.1 Å². The number of hydrogen-bond acceptors (Lipinski definition) is 4. The summed E-state index contributed by atoms with van der Waals surface area (Å²) in [6.45, 7) is 6.26. The first-order valence-corrected chi connectivity index (χ1v) is 9.00. The summed E-state index contributed by atoms with van der Waals surface area (Å²) in [5, 5.41) is 7.33. The van der Waals surface area contributed by atoms with Crippen molar-refractivity contribution in [3.8, 4) is 5.75 Å². The number of amides is 1. The van der Waals surface area contributed by atoms with Crippen LogP contribution in [0.15, 0.2) is 47.0 Å². The van der Waals surface area contributed by atoms with Gasteiger partial charge in [0, 0.05) is 11.6 Å². The summed E-state index contributed by atoms with van der Waals surface area (Å²) in [6.07, 6.45) is 0. The maximum atomic E-state index is 12.6. The van der Waals surface area contributed by atoms with Crippen LogP contribution in [0.5, 0.6) is 5.75 Å². The molecule has 5 nitrogen and oxygen atoms in total. The summed E-state index contributed by atoms with van der Waals surface area (Å²) >= 11 is 6.13. The molecule has 2 aromatic carbocycles. The van der Waals surface area contributed by atoms with Crippen LogP contribution in [0.2, 0.25) is 5.02 Å². The lowest BCUT2D eigenvalue weighted by Gasteiger charge is -2.10. The maximum absolute atomic E-state index is 12.6. The van der Waals surface area contributed by atoms with Gasteiger partial charge >= 0.3 is 0 Å². The highest BCUT2D eigenvalue weighted by Crippen LogP contribution is 2.23. The summed E-state index contributed by atoms with van der Waals surface area (Å²) in [6, 6.07) is 13.4. The highest BCUT2D eigenvalue weighted by atomic mass is 35.5. The van der Waals surface area contributed by atoms with Gasteiger partial charge in [-0.2, -0.15) is 0 Å².